The minimum Gasteiger partial charge on any atom is -0.463 e. The number of phosphoric acid groups is 2. The standard InChI is InChI=1S/C85H150O16P2/c1-4-7-10-13-16-19-22-25-28-30-32-34-36-38-39-41-43-44-46-48-51-53-56-59-62-65-68-71-83(88)95-74-80(86)75-97-102(91,92)98-76-81(87)77-99-103(93,94)100-79-82(101-85(90)73-70-67-64-61-58-55-50-27-24-21-18-15-12-9-6-3)78-96-84(89)72-69-66-63-60-57-54-52-49-47-45-42-40-37-35-33-31-29-26-23-20-17-14-11-8-5-2/h16-17,19-20,25-29,32-35,38-40,42,50,80-82,86-87H,4-15,18,21-24,30-31,36-37,41,43-49,51-79H2,1-3H3,(H,91,92)(H,93,94)/b19-16-,20-17-,28-25-,29-26-,34-32-,35-33-,39-38-,42-40-,50-27-. The predicted octanol–water partition coefficient (Wildman–Crippen LogP) is 24.3. The van der Waals surface area contributed by atoms with Gasteiger partial charge in [-0.3, -0.25) is 32.5 Å². The maximum absolute atomic E-state index is 13.0. The van der Waals surface area contributed by atoms with Crippen molar-refractivity contribution in [3.8, 4) is 0 Å². The van der Waals surface area contributed by atoms with E-state index in [-0.39, 0.29) is 19.3 Å². The quantitative estimate of drug-likeness (QED) is 0.0146. The third kappa shape index (κ3) is 79.1. The van der Waals surface area contributed by atoms with Crippen LogP contribution < -0.4 is 0 Å². The minimum absolute atomic E-state index is 0.0932. The predicted molar refractivity (Wildman–Crippen MR) is 427 cm³/mol. The van der Waals surface area contributed by atoms with Crippen LogP contribution in [0.15, 0.2) is 109 Å². The van der Waals surface area contributed by atoms with Gasteiger partial charge in [-0.2, -0.15) is 0 Å². The molecule has 0 aliphatic carbocycles. The Balaban J connectivity index is 4.56. The number of hydrogen-bond donors (Lipinski definition) is 4. The maximum Gasteiger partial charge on any atom is 0.472 e. The first-order valence-corrected chi connectivity index (χ1v) is 44.2. The van der Waals surface area contributed by atoms with Crippen LogP contribution in [0.5, 0.6) is 0 Å². The average Bonchev–Trinajstić information content (AvgIpc) is 0.922. The van der Waals surface area contributed by atoms with Gasteiger partial charge in [0.25, 0.3) is 0 Å². The summed E-state index contributed by atoms with van der Waals surface area (Å²) in [7, 11) is -9.79. The Morgan fingerprint density at radius 2 is 0.485 bits per heavy atom. The molecular formula is C85H150O16P2. The Kier molecular flexibility index (Phi) is 74.9. The van der Waals surface area contributed by atoms with E-state index in [1.54, 1.807) is 0 Å². The van der Waals surface area contributed by atoms with Crippen LogP contribution in [0.1, 0.15) is 355 Å². The smallest absolute Gasteiger partial charge is 0.463 e. The molecule has 5 unspecified atom stereocenters. The first-order valence-electron chi connectivity index (χ1n) is 41.2. The molecule has 0 spiro atoms. The molecule has 0 saturated heterocycles. The lowest BCUT2D eigenvalue weighted by Crippen LogP contribution is -2.30. The van der Waals surface area contributed by atoms with Gasteiger partial charge in [0, 0.05) is 19.3 Å². The van der Waals surface area contributed by atoms with E-state index in [0.29, 0.717) is 19.3 Å². The molecule has 18 heteroatoms. The zero-order valence-corrected chi connectivity index (χ0v) is 67.0. The zero-order chi connectivity index (χ0) is 75.2. The van der Waals surface area contributed by atoms with Crippen LogP contribution in [0.25, 0.3) is 0 Å². The average molecular weight is 1490 g/mol. The third-order valence-electron chi connectivity index (χ3n) is 17.4. The molecule has 0 bridgehead atoms. The highest BCUT2D eigenvalue weighted by Gasteiger charge is 2.29. The number of phosphoric ester groups is 2. The number of carbonyl (C=O) groups excluding carboxylic acids is 3. The number of esters is 3. The molecule has 596 valence electrons. The van der Waals surface area contributed by atoms with Crippen molar-refractivity contribution in [1.82, 2.24) is 0 Å². The molecule has 16 nitrogen and oxygen atoms in total. The Morgan fingerprint density at radius 1 is 0.272 bits per heavy atom. The fraction of sp³-hybridized carbons (Fsp3) is 0.753. The van der Waals surface area contributed by atoms with Crippen LogP contribution in [0, 0.1) is 0 Å². The molecule has 0 aromatic rings. The van der Waals surface area contributed by atoms with Crippen molar-refractivity contribution >= 4 is 33.6 Å². The number of aliphatic hydroxyl groups excluding tert-OH is 2. The second-order valence-electron chi connectivity index (χ2n) is 27.6. The third-order valence-corrected chi connectivity index (χ3v) is 19.3. The minimum atomic E-state index is -4.94. The first-order chi connectivity index (χ1) is 50.2. The molecule has 103 heavy (non-hydrogen) atoms. The van der Waals surface area contributed by atoms with Crippen molar-refractivity contribution in [3.05, 3.63) is 109 Å². The number of ether oxygens (including phenoxy) is 3. The van der Waals surface area contributed by atoms with E-state index in [2.05, 4.69) is 130 Å². The maximum atomic E-state index is 13.0. The highest BCUT2D eigenvalue weighted by Crippen LogP contribution is 2.45. The normalized spacial score (nSPS) is 14.5. The summed E-state index contributed by atoms with van der Waals surface area (Å²) >= 11 is 0. The zero-order valence-electron chi connectivity index (χ0n) is 65.2. The molecule has 0 fully saturated rings. The SMILES string of the molecule is CCCCC/C=C\C/C=C\C/C=C\C/C=C\CCCCCCCCCCCCCC(=O)OCC(O)COP(=O)(O)OCC(O)COP(=O)(O)OCC(COC(=O)CCCCCCCCCCC/C=C\C/C=C\C/C=C\C/C=C\CCCCC)OC(=O)CCCCCCC/C=C\CCCCCCCC. The lowest BCUT2D eigenvalue weighted by Gasteiger charge is -2.21. The summed E-state index contributed by atoms with van der Waals surface area (Å²) in [6.07, 6.45) is 91.3. The number of aliphatic hydroxyl groups is 2. The van der Waals surface area contributed by atoms with E-state index >= 15 is 0 Å². The molecular weight excluding hydrogens is 1340 g/mol. The topological polar surface area (TPSA) is 231 Å². The molecule has 0 rings (SSSR count). The summed E-state index contributed by atoms with van der Waals surface area (Å²) in [5, 5.41) is 20.7. The van der Waals surface area contributed by atoms with E-state index in [9.17, 15) is 43.5 Å². The first kappa shape index (κ1) is 99.2. The molecule has 0 radical (unpaired) electrons. The molecule has 0 heterocycles. The van der Waals surface area contributed by atoms with E-state index in [1.807, 2.05) is 0 Å². The van der Waals surface area contributed by atoms with E-state index in [4.69, 9.17) is 32.3 Å². The Morgan fingerprint density at radius 3 is 0.796 bits per heavy atom. The Bertz CT molecular complexity index is 2310. The fourth-order valence-electron chi connectivity index (χ4n) is 11.1. The van der Waals surface area contributed by atoms with E-state index in [0.717, 1.165) is 135 Å². The van der Waals surface area contributed by atoms with Crippen LogP contribution >= 0.6 is 15.6 Å². The van der Waals surface area contributed by atoms with Crippen molar-refractivity contribution in [1.29, 1.82) is 0 Å². The summed E-state index contributed by atoms with van der Waals surface area (Å²) in [6.45, 7) is 2.64. The monoisotopic (exact) mass is 1490 g/mol. The summed E-state index contributed by atoms with van der Waals surface area (Å²) in [5.74, 6) is -1.58. The van der Waals surface area contributed by atoms with Crippen molar-refractivity contribution in [2.45, 2.75) is 373 Å². The van der Waals surface area contributed by atoms with Crippen LogP contribution in [-0.4, -0.2) is 95.9 Å². The molecule has 0 aliphatic rings. The Labute approximate surface area is 628 Å². The second kappa shape index (κ2) is 77.8. The van der Waals surface area contributed by atoms with Crippen LogP contribution in [-0.2, 0) is 55.8 Å². The summed E-state index contributed by atoms with van der Waals surface area (Å²) in [5.41, 5.74) is 0. The highest BCUT2D eigenvalue weighted by molar-refractivity contribution is 7.47. The van der Waals surface area contributed by atoms with E-state index in [1.165, 1.54) is 161 Å². The second-order valence-corrected chi connectivity index (χ2v) is 30.5. The summed E-state index contributed by atoms with van der Waals surface area (Å²) in [4.78, 5) is 58.7. The van der Waals surface area contributed by atoms with Gasteiger partial charge < -0.3 is 34.2 Å². The number of hydrogen-bond acceptors (Lipinski definition) is 14. The highest BCUT2D eigenvalue weighted by atomic mass is 31.2. The molecule has 0 aromatic heterocycles. The number of rotatable bonds is 78. The van der Waals surface area contributed by atoms with Crippen molar-refractivity contribution in [2.75, 3.05) is 39.6 Å². The van der Waals surface area contributed by atoms with Crippen molar-refractivity contribution < 1.29 is 75.8 Å². The van der Waals surface area contributed by atoms with Gasteiger partial charge in [-0.25, -0.2) is 9.13 Å². The Hall–Kier alpha value is -3.79. The summed E-state index contributed by atoms with van der Waals surface area (Å²) in [6, 6.07) is 0. The lowest BCUT2D eigenvalue weighted by atomic mass is 10.0. The molecule has 0 amide bonds. The molecule has 0 saturated carbocycles. The van der Waals surface area contributed by atoms with Crippen LogP contribution in [0.3, 0.4) is 0 Å². The molecule has 0 aliphatic heterocycles. The van der Waals surface area contributed by atoms with Gasteiger partial charge in [0.1, 0.15) is 25.4 Å². The molecule has 5 atom stereocenters. The lowest BCUT2D eigenvalue weighted by molar-refractivity contribution is -0.161. The van der Waals surface area contributed by atoms with Gasteiger partial charge in [0.05, 0.1) is 26.4 Å². The summed E-state index contributed by atoms with van der Waals surface area (Å²) < 4.78 is 61.2. The van der Waals surface area contributed by atoms with Crippen molar-refractivity contribution in [2.24, 2.45) is 0 Å². The van der Waals surface area contributed by atoms with Gasteiger partial charge in [-0.05, 0) is 135 Å². The number of allylic oxidation sites excluding steroid dienone is 18. The number of unbranched alkanes of at least 4 members (excludes halogenated alkanes) is 37. The largest absolute Gasteiger partial charge is 0.472 e. The van der Waals surface area contributed by atoms with Gasteiger partial charge >= 0.3 is 33.6 Å². The fourth-order valence-corrected chi connectivity index (χ4v) is 12.7. The van der Waals surface area contributed by atoms with Gasteiger partial charge in [0.15, 0.2) is 6.10 Å². The molecule has 0 aromatic carbocycles. The van der Waals surface area contributed by atoms with Gasteiger partial charge in [-0.1, -0.05) is 310 Å². The molecule has 4 N–H and O–H groups in total. The van der Waals surface area contributed by atoms with Gasteiger partial charge in [0.2, 0.25) is 0 Å². The van der Waals surface area contributed by atoms with Crippen LogP contribution in [0.4, 0.5) is 0 Å². The van der Waals surface area contributed by atoms with Crippen LogP contribution in [0.2, 0.25) is 0 Å². The van der Waals surface area contributed by atoms with Gasteiger partial charge in [-0.15, -0.1) is 0 Å². The van der Waals surface area contributed by atoms with Crippen molar-refractivity contribution in [3.63, 3.8) is 0 Å². The number of carbonyl (C=O) groups is 3. The van der Waals surface area contributed by atoms with E-state index < -0.39 is 91.5 Å².